The van der Waals surface area contributed by atoms with Crippen molar-refractivity contribution in [1.29, 1.82) is 0 Å². The summed E-state index contributed by atoms with van der Waals surface area (Å²) in [7, 11) is 0. The Morgan fingerprint density at radius 1 is 1.18 bits per heavy atom. The topological polar surface area (TPSA) is 67.9 Å². The summed E-state index contributed by atoms with van der Waals surface area (Å²) >= 11 is 0. The number of benzene rings is 2. The molecule has 182 valence electrons. The average molecular weight is 476 g/mol. The second-order valence-electron chi connectivity index (χ2n) is 9.47. The van der Waals surface area contributed by atoms with Crippen molar-refractivity contribution < 1.29 is 32.2 Å². The Bertz CT molecular complexity index is 1110. The van der Waals surface area contributed by atoms with E-state index in [9.17, 15) is 22.8 Å². The van der Waals surface area contributed by atoms with Gasteiger partial charge >= 0.3 is 18.2 Å². The van der Waals surface area contributed by atoms with Gasteiger partial charge in [0.2, 0.25) is 0 Å². The van der Waals surface area contributed by atoms with Gasteiger partial charge in [-0.1, -0.05) is 30.3 Å². The predicted octanol–water partition coefficient (Wildman–Crippen LogP) is 4.85. The van der Waals surface area contributed by atoms with Crippen LogP contribution in [0, 0.1) is 0 Å². The third-order valence-corrected chi connectivity index (χ3v) is 5.92. The van der Waals surface area contributed by atoms with Crippen LogP contribution in [0.25, 0.3) is 0 Å². The summed E-state index contributed by atoms with van der Waals surface area (Å²) in [5.74, 6) is -0.566. The van der Waals surface area contributed by atoms with Crippen molar-refractivity contribution >= 4 is 12.1 Å². The van der Waals surface area contributed by atoms with Crippen molar-refractivity contribution in [3.8, 4) is 0 Å². The van der Waals surface area contributed by atoms with E-state index in [2.05, 4.69) is 5.32 Å². The fraction of sp³-hybridized carbons (Fsp3) is 0.440. The summed E-state index contributed by atoms with van der Waals surface area (Å²) in [4.78, 5) is 27.2. The number of hydrogen-bond donors (Lipinski definition) is 1. The molecule has 4 rings (SSSR count). The van der Waals surface area contributed by atoms with Gasteiger partial charge in [0.25, 0.3) is 0 Å². The van der Waals surface area contributed by atoms with Crippen LogP contribution in [-0.4, -0.2) is 42.2 Å². The SMILES string of the molecule is CC(C)(C)OC(=O)N1CCNCC1c1ccc2c(c1Cc1ccccc1C(F)(F)F)C(=O)OC2. The summed E-state index contributed by atoms with van der Waals surface area (Å²) in [5.41, 5.74) is 0.548. The van der Waals surface area contributed by atoms with E-state index in [1.807, 2.05) is 0 Å². The minimum atomic E-state index is -4.54. The first kappa shape index (κ1) is 24.1. The number of nitrogens with zero attached hydrogens (tertiary/aromatic N) is 1. The summed E-state index contributed by atoms with van der Waals surface area (Å²) in [6, 6.07) is 8.34. The number of carbonyl (C=O) groups is 2. The van der Waals surface area contributed by atoms with E-state index in [0.717, 1.165) is 6.07 Å². The van der Waals surface area contributed by atoms with Gasteiger partial charge in [-0.3, -0.25) is 4.90 Å². The highest BCUT2D eigenvalue weighted by Crippen LogP contribution is 2.38. The van der Waals surface area contributed by atoms with Crippen LogP contribution in [0.5, 0.6) is 0 Å². The third kappa shape index (κ3) is 4.89. The highest BCUT2D eigenvalue weighted by atomic mass is 19.4. The molecule has 2 aliphatic heterocycles. The van der Waals surface area contributed by atoms with Crippen LogP contribution in [0.15, 0.2) is 36.4 Å². The number of amides is 1. The van der Waals surface area contributed by atoms with Crippen LogP contribution in [0.4, 0.5) is 18.0 Å². The molecule has 1 fully saturated rings. The number of nitrogens with one attached hydrogen (secondary N) is 1. The van der Waals surface area contributed by atoms with E-state index in [0.29, 0.717) is 36.3 Å². The molecule has 2 aromatic carbocycles. The lowest BCUT2D eigenvalue weighted by atomic mass is 9.87. The van der Waals surface area contributed by atoms with E-state index in [-0.39, 0.29) is 24.2 Å². The molecule has 0 saturated carbocycles. The summed E-state index contributed by atoms with van der Waals surface area (Å²) in [6.45, 7) is 6.67. The van der Waals surface area contributed by atoms with Crippen LogP contribution < -0.4 is 5.32 Å². The monoisotopic (exact) mass is 476 g/mol. The van der Waals surface area contributed by atoms with Gasteiger partial charge in [-0.25, -0.2) is 9.59 Å². The Balaban J connectivity index is 1.81. The maximum absolute atomic E-state index is 13.7. The average Bonchev–Trinajstić information content (AvgIpc) is 3.14. The Morgan fingerprint density at radius 2 is 1.91 bits per heavy atom. The van der Waals surface area contributed by atoms with Crippen LogP contribution in [0.3, 0.4) is 0 Å². The third-order valence-electron chi connectivity index (χ3n) is 5.92. The zero-order valence-electron chi connectivity index (χ0n) is 19.3. The Hall–Kier alpha value is -3.07. The molecular weight excluding hydrogens is 449 g/mol. The van der Waals surface area contributed by atoms with Gasteiger partial charge in [0.05, 0.1) is 17.2 Å². The number of piperazine rings is 1. The molecule has 1 N–H and O–H groups in total. The standard InChI is InChI=1S/C25H27F3N2O4/c1-24(2,3)34-23(32)30-11-10-29-13-20(30)17-9-8-16-14-33-22(31)21(16)18(17)12-15-6-4-5-7-19(15)25(26,27)28/h4-9,20,29H,10-14H2,1-3H3. The van der Waals surface area contributed by atoms with Crippen LogP contribution >= 0.6 is 0 Å². The van der Waals surface area contributed by atoms with Crippen molar-refractivity contribution in [3.05, 3.63) is 69.8 Å². The highest BCUT2D eigenvalue weighted by molar-refractivity contribution is 5.95. The largest absolute Gasteiger partial charge is 0.457 e. The van der Waals surface area contributed by atoms with E-state index >= 15 is 0 Å². The Kier molecular flexibility index (Phi) is 6.33. The van der Waals surface area contributed by atoms with Crippen molar-refractivity contribution in [2.75, 3.05) is 19.6 Å². The van der Waals surface area contributed by atoms with Gasteiger partial charge in [0.1, 0.15) is 12.2 Å². The lowest BCUT2D eigenvalue weighted by Crippen LogP contribution is -2.50. The van der Waals surface area contributed by atoms with Gasteiger partial charge in [-0.05, 0) is 49.9 Å². The summed E-state index contributed by atoms with van der Waals surface area (Å²) in [6.07, 6.45) is -5.17. The van der Waals surface area contributed by atoms with Crippen LogP contribution in [0.1, 0.15) is 65.0 Å². The molecule has 0 bridgehead atoms. The molecule has 2 aromatic rings. The summed E-state index contributed by atoms with van der Waals surface area (Å²) < 4.78 is 51.9. The number of halogens is 3. The minimum Gasteiger partial charge on any atom is -0.457 e. The first-order chi connectivity index (χ1) is 16.0. The fourth-order valence-electron chi connectivity index (χ4n) is 4.47. The first-order valence-corrected chi connectivity index (χ1v) is 11.1. The molecular formula is C25H27F3N2O4. The lowest BCUT2D eigenvalue weighted by molar-refractivity contribution is -0.138. The van der Waals surface area contributed by atoms with Gasteiger partial charge in [-0.2, -0.15) is 13.2 Å². The van der Waals surface area contributed by atoms with E-state index in [1.165, 1.54) is 12.1 Å². The van der Waals surface area contributed by atoms with Crippen molar-refractivity contribution in [2.24, 2.45) is 0 Å². The zero-order chi connectivity index (χ0) is 24.7. The zero-order valence-corrected chi connectivity index (χ0v) is 19.3. The number of rotatable bonds is 3. The molecule has 34 heavy (non-hydrogen) atoms. The number of carbonyl (C=O) groups excluding carboxylic acids is 2. The predicted molar refractivity (Wildman–Crippen MR) is 118 cm³/mol. The van der Waals surface area contributed by atoms with Gasteiger partial charge < -0.3 is 14.8 Å². The van der Waals surface area contributed by atoms with E-state index in [4.69, 9.17) is 9.47 Å². The van der Waals surface area contributed by atoms with Crippen molar-refractivity contribution in [1.82, 2.24) is 10.2 Å². The molecule has 6 nitrogen and oxygen atoms in total. The maximum atomic E-state index is 13.7. The first-order valence-electron chi connectivity index (χ1n) is 11.1. The Labute approximate surface area is 196 Å². The molecule has 1 unspecified atom stereocenters. The molecule has 0 spiro atoms. The summed E-state index contributed by atoms with van der Waals surface area (Å²) in [5, 5.41) is 3.24. The van der Waals surface area contributed by atoms with E-state index < -0.39 is 35.4 Å². The number of alkyl halides is 3. The van der Waals surface area contributed by atoms with Gasteiger partial charge in [0.15, 0.2) is 0 Å². The number of hydrogen-bond acceptors (Lipinski definition) is 5. The molecule has 0 radical (unpaired) electrons. The lowest BCUT2D eigenvalue weighted by Gasteiger charge is -2.38. The molecule has 1 saturated heterocycles. The van der Waals surface area contributed by atoms with Crippen molar-refractivity contribution in [2.45, 2.75) is 51.6 Å². The molecule has 2 aliphatic rings. The normalized spacial score (nSPS) is 18.5. The second-order valence-corrected chi connectivity index (χ2v) is 9.47. The quantitative estimate of drug-likeness (QED) is 0.642. The fourth-order valence-corrected chi connectivity index (χ4v) is 4.47. The van der Waals surface area contributed by atoms with E-state index in [1.54, 1.807) is 43.9 Å². The molecule has 2 heterocycles. The van der Waals surface area contributed by atoms with Gasteiger partial charge in [0, 0.05) is 25.2 Å². The molecule has 0 aromatic heterocycles. The molecule has 9 heteroatoms. The number of esters is 1. The molecule has 1 amide bonds. The molecule has 1 atom stereocenters. The highest BCUT2D eigenvalue weighted by Gasteiger charge is 2.37. The maximum Gasteiger partial charge on any atom is 0.416 e. The van der Waals surface area contributed by atoms with Crippen LogP contribution in [-0.2, 0) is 28.7 Å². The van der Waals surface area contributed by atoms with Crippen LogP contribution in [0.2, 0.25) is 0 Å². The number of cyclic esters (lactones) is 1. The Morgan fingerprint density at radius 3 is 2.62 bits per heavy atom. The molecule has 0 aliphatic carbocycles. The van der Waals surface area contributed by atoms with Crippen molar-refractivity contribution in [3.63, 3.8) is 0 Å². The smallest absolute Gasteiger partial charge is 0.416 e. The van der Waals surface area contributed by atoms with Gasteiger partial charge in [-0.15, -0.1) is 0 Å². The number of ether oxygens (including phenoxy) is 2. The minimum absolute atomic E-state index is 0.0527. The second kappa shape index (κ2) is 8.94. The number of fused-ring (bicyclic) bond motifs is 1.